The Morgan fingerprint density at radius 3 is 2.94 bits per heavy atom. The minimum absolute atomic E-state index is 0.0609. The molecule has 0 bridgehead atoms. The van der Waals surface area contributed by atoms with Gasteiger partial charge in [0.1, 0.15) is 0 Å². The molecule has 0 fully saturated rings. The van der Waals surface area contributed by atoms with Gasteiger partial charge < -0.3 is 5.32 Å². The summed E-state index contributed by atoms with van der Waals surface area (Å²) in [6.07, 6.45) is 2.74. The molecule has 1 aromatic rings. The first-order valence-electron chi connectivity index (χ1n) is 5.61. The highest BCUT2D eigenvalue weighted by molar-refractivity contribution is 5.92. The van der Waals surface area contributed by atoms with Crippen molar-refractivity contribution in [2.24, 2.45) is 0 Å². The molecule has 17 heavy (non-hydrogen) atoms. The van der Waals surface area contributed by atoms with Crippen LogP contribution in [-0.4, -0.2) is 5.91 Å². The molecule has 0 aromatic heterocycles. The molecule has 0 unspecified atom stereocenters. The summed E-state index contributed by atoms with van der Waals surface area (Å²) in [4.78, 5) is 11.6. The number of hydrogen-bond donors (Lipinski definition) is 1. The maximum Gasteiger partial charge on any atom is 0.246 e. The third kappa shape index (κ3) is 4.12. The minimum atomic E-state index is -0.0609. The Morgan fingerprint density at radius 2 is 2.29 bits per heavy atom. The zero-order valence-electron chi connectivity index (χ0n) is 10.2. The van der Waals surface area contributed by atoms with Gasteiger partial charge in [0.15, 0.2) is 0 Å². The quantitative estimate of drug-likeness (QED) is 0.805. The van der Waals surface area contributed by atoms with E-state index in [-0.39, 0.29) is 5.91 Å². The van der Waals surface area contributed by atoms with E-state index < -0.39 is 0 Å². The molecule has 1 aromatic carbocycles. The molecular weight excluding hydrogens is 212 g/mol. The summed E-state index contributed by atoms with van der Waals surface area (Å²) in [6, 6.07) is 9.30. The summed E-state index contributed by atoms with van der Waals surface area (Å²) in [5.41, 5.74) is 2.27. The topological polar surface area (TPSA) is 52.9 Å². The van der Waals surface area contributed by atoms with Crippen LogP contribution in [-0.2, 0) is 11.3 Å². The normalized spacial score (nSPS) is 10.8. The van der Waals surface area contributed by atoms with Crippen LogP contribution in [0.2, 0.25) is 0 Å². The first kappa shape index (κ1) is 13.0. The molecule has 3 heteroatoms. The van der Waals surface area contributed by atoms with Crippen LogP contribution in [0.3, 0.4) is 0 Å². The smallest absolute Gasteiger partial charge is 0.246 e. The zero-order chi connectivity index (χ0) is 12.7. The molecule has 0 aliphatic rings. The van der Waals surface area contributed by atoms with Crippen molar-refractivity contribution in [3.8, 4) is 6.07 Å². The monoisotopic (exact) mass is 228 g/mol. The van der Waals surface area contributed by atoms with Gasteiger partial charge >= 0.3 is 0 Å². The minimum Gasteiger partial charge on any atom is -0.348 e. The van der Waals surface area contributed by atoms with E-state index in [4.69, 9.17) is 5.26 Å². The molecule has 0 heterocycles. The number of benzene rings is 1. The lowest BCUT2D eigenvalue weighted by Gasteiger charge is -2.05. The van der Waals surface area contributed by atoms with Gasteiger partial charge in [0.2, 0.25) is 5.91 Å². The molecule has 0 saturated carbocycles. The van der Waals surface area contributed by atoms with Gasteiger partial charge in [-0.05, 0) is 31.0 Å². The highest BCUT2D eigenvalue weighted by Crippen LogP contribution is 2.04. The second-order valence-corrected chi connectivity index (χ2v) is 3.79. The number of amides is 1. The van der Waals surface area contributed by atoms with Crippen LogP contribution < -0.4 is 5.32 Å². The van der Waals surface area contributed by atoms with Crippen molar-refractivity contribution in [1.82, 2.24) is 5.32 Å². The number of nitrogens with zero attached hydrogens (tertiary/aromatic N) is 1. The van der Waals surface area contributed by atoms with Gasteiger partial charge in [0.25, 0.3) is 0 Å². The SMILES string of the molecule is CCC=C(C)C(=O)NCc1cccc(C#N)c1. The lowest BCUT2D eigenvalue weighted by atomic mass is 10.1. The number of allylic oxidation sites excluding steroid dienone is 1. The van der Waals surface area contributed by atoms with Crippen LogP contribution >= 0.6 is 0 Å². The van der Waals surface area contributed by atoms with Crippen molar-refractivity contribution in [3.63, 3.8) is 0 Å². The van der Waals surface area contributed by atoms with Crippen molar-refractivity contribution < 1.29 is 4.79 Å². The van der Waals surface area contributed by atoms with E-state index in [2.05, 4.69) is 11.4 Å². The molecule has 1 rings (SSSR count). The number of nitriles is 1. The van der Waals surface area contributed by atoms with E-state index >= 15 is 0 Å². The predicted octanol–water partition coefficient (Wildman–Crippen LogP) is 2.53. The molecule has 0 aliphatic heterocycles. The summed E-state index contributed by atoms with van der Waals surface area (Å²) >= 11 is 0. The van der Waals surface area contributed by atoms with Crippen molar-refractivity contribution in [2.75, 3.05) is 0 Å². The van der Waals surface area contributed by atoms with Gasteiger partial charge in [-0.25, -0.2) is 0 Å². The number of hydrogen-bond acceptors (Lipinski definition) is 2. The predicted molar refractivity (Wildman–Crippen MR) is 67.1 cm³/mol. The summed E-state index contributed by atoms with van der Waals surface area (Å²) in [5, 5.41) is 11.6. The summed E-state index contributed by atoms with van der Waals surface area (Å²) < 4.78 is 0. The molecule has 0 aliphatic carbocycles. The summed E-state index contributed by atoms with van der Waals surface area (Å²) in [6.45, 7) is 4.24. The maximum absolute atomic E-state index is 11.6. The van der Waals surface area contributed by atoms with Crippen LogP contribution in [0.4, 0.5) is 0 Å². The summed E-state index contributed by atoms with van der Waals surface area (Å²) in [7, 11) is 0. The Kier molecular flexibility index (Phi) is 4.96. The lowest BCUT2D eigenvalue weighted by Crippen LogP contribution is -2.23. The van der Waals surface area contributed by atoms with Crippen molar-refractivity contribution >= 4 is 5.91 Å². The number of rotatable bonds is 4. The molecule has 0 radical (unpaired) electrons. The van der Waals surface area contributed by atoms with Crippen molar-refractivity contribution in [2.45, 2.75) is 26.8 Å². The second kappa shape index (κ2) is 6.49. The van der Waals surface area contributed by atoms with Crippen LogP contribution in [0.5, 0.6) is 0 Å². The van der Waals surface area contributed by atoms with Crippen LogP contribution in [0.25, 0.3) is 0 Å². The van der Waals surface area contributed by atoms with Crippen molar-refractivity contribution in [1.29, 1.82) is 5.26 Å². The number of carbonyl (C=O) groups is 1. The largest absolute Gasteiger partial charge is 0.348 e. The third-order valence-electron chi connectivity index (χ3n) is 2.38. The molecule has 1 N–H and O–H groups in total. The van der Waals surface area contributed by atoms with Gasteiger partial charge in [0, 0.05) is 12.1 Å². The average molecular weight is 228 g/mol. The molecule has 3 nitrogen and oxygen atoms in total. The number of carbonyl (C=O) groups excluding carboxylic acids is 1. The zero-order valence-corrected chi connectivity index (χ0v) is 10.2. The van der Waals surface area contributed by atoms with E-state index in [1.54, 1.807) is 19.1 Å². The highest BCUT2D eigenvalue weighted by Gasteiger charge is 2.03. The first-order valence-corrected chi connectivity index (χ1v) is 5.61. The standard InChI is InChI=1S/C14H16N2O/c1-3-5-11(2)14(17)16-10-13-7-4-6-12(8-13)9-15/h4-8H,3,10H2,1-2H3,(H,16,17). The molecule has 0 saturated heterocycles. The van der Waals surface area contributed by atoms with E-state index in [1.807, 2.05) is 25.1 Å². The first-order chi connectivity index (χ1) is 8.17. The Bertz CT molecular complexity index is 469. The molecule has 1 amide bonds. The fourth-order valence-corrected chi connectivity index (χ4v) is 1.47. The second-order valence-electron chi connectivity index (χ2n) is 3.79. The van der Waals surface area contributed by atoms with Gasteiger partial charge in [0.05, 0.1) is 11.6 Å². The van der Waals surface area contributed by atoms with Gasteiger partial charge in [-0.2, -0.15) is 5.26 Å². The Hall–Kier alpha value is -2.08. The Morgan fingerprint density at radius 1 is 1.53 bits per heavy atom. The van der Waals surface area contributed by atoms with Crippen LogP contribution in [0, 0.1) is 11.3 Å². The fourth-order valence-electron chi connectivity index (χ4n) is 1.47. The third-order valence-corrected chi connectivity index (χ3v) is 2.38. The molecular formula is C14H16N2O. The highest BCUT2D eigenvalue weighted by atomic mass is 16.1. The lowest BCUT2D eigenvalue weighted by molar-refractivity contribution is -0.117. The molecule has 88 valence electrons. The summed E-state index contributed by atoms with van der Waals surface area (Å²) in [5.74, 6) is -0.0609. The van der Waals surface area contributed by atoms with E-state index in [0.29, 0.717) is 12.1 Å². The van der Waals surface area contributed by atoms with Crippen LogP contribution in [0.15, 0.2) is 35.9 Å². The van der Waals surface area contributed by atoms with Crippen molar-refractivity contribution in [3.05, 3.63) is 47.0 Å². The Labute approximate surface area is 102 Å². The fraction of sp³-hybridized carbons (Fsp3) is 0.286. The van der Waals surface area contributed by atoms with E-state index in [1.165, 1.54) is 0 Å². The number of nitrogens with one attached hydrogen (secondary N) is 1. The molecule has 0 atom stereocenters. The van der Waals surface area contributed by atoms with Crippen LogP contribution in [0.1, 0.15) is 31.4 Å². The van der Waals surface area contributed by atoms with Gasteiger partial charge in [-0.1, -0.05) is 25.1 Å². The maximum atomic E-state index is 11.6. The van der Waals surface area contributed by atoms with Gasteiger partial charge in [-0.15, -0.1) is 0 Å². The van der Waals surface area contributed by atoms with Gasteiger partial charge in [-0.3, -0.25) is 4.79 Å². The molecule has 0 spiro atoms. The van der Waals surface area contributed by atoms with E-state index in [9.17, 15) is 4.79 Å². The Balaban J connectivity index is 2.59. The average Bonchev–Trinajstić information content (AvgIpc) is 2.36. The van der Waals surface area contributed by atoms with E-state index in [0.717, 1.165) is 17.6 Å².